The maximum atomic E-state index is 13.4. The first kappa shape index (κ1) is 22.8. The second kappa shape index (κ2) is 10.1. The fraction of sp³-hybridized carbons (Fsp3) is 0.680. The van der Waals surface area contributed by atoms with Crippen molar-refractivity contribution in [1.82, 2.24) is 20.1 Å². The highest BCUT2D eigenvalue weighted by molar-refractivity contribution is 5.80. The lowest BCUT2D eigenvalue weighted by molar-refractivity contribution is -0.127. The van der Waals surface area contributed by atoms with Crippen LogP contribution >= 0.6 is 0 Å². The Morgan fingerprint density at radius 1 is 1.24 bits per heavy atom. The van der Waals surface area contributed by atoms with Crippen molar-refractivity contribution in [2.75, 3.05) is 46.0 Å². The number of hydrogen-bond acceptors (Lipinski definition) is 6. The third-order valence-corrected chi connectivity index (χ3v) is 7.84. The molecule has 2 bridgehead atoms. The number of pyridine rings is 1. The monoisotopic (exact) mass is 456 g/mol. The van der Waals surface area contributed by atoms with Crippen molar-refractivity contribution in [1.29, 1.82) is 0 Å². The van der Waals surface area contributed by atoms with Gasteiger partial charge in [-0.2, -0.15) is 0 Å². The van der Waals surface area contributed by atoms with E-state index in [1.165, 1.54) is 6.42 Å². The maximum absolute atomic E-state index is 13.4. The number of aliphatic hydroxyl groups excluding tert-OH is 1. The molecule has 1 amide bonds. The number of allylic oxidation sites excluding steroid dienone is 2. The molecular formula is C25H36N4O4. The lowest BCUT2D eigenvalue weighted by Gasteiger charge is -2.28. The molecule has 3 aliphatic heterocycles. The van der Waals surface area contributed by atoms with E-state index in [4.69, 9.17) is 4.74 Å². The predicted octanol–water partition coefficient (Wildman–Crippen LogP) is 0.895. The van der Waals surface area contributed by atoms with Crippen molar-refractivity contribution >= 4 is 11.5 Å². The topological polar surface area (TPSA) is 95.8 Å². The molecule has 2 saturated heterocycles. The first-order chi connectivity index (χ1) is 16.2. The minimum atomic E-state index is -0.378. The number of rotatable bonds is 7. The van der Waals surface area contributed by atoms with Gasteiger partial charge >= 0.3 is 0 Å². The Balaban J connectivity index is 1.29. The average molecular weight is 457 g/mol. The van der Waals surface area contributed by atoms with Gasteiger partial charge in [-0.25, -0.2) is 0 Å². The lowest BCUT2D eigenvalue weighted by Crippen LogP contribution is -2.44. The molecule has 8 nitrogen and oxygen atoms in total. The standard InChI is InChI=1S/C25H36N4O4/c30-16-19-20-15-29-21(8-7-18(25(29)32)17-5-2-1-3-6-17)23(27-20)22(19)24(31)26-9-4-10-28-11-13-33-14-12-28/h5,7-8,19-20,22-23,27,30H,1-4,6,9-16H2,(H,26,31)/t19-,20-,22+,23+/m0/s1. The van der Waals surface area contributed by atoms with Gasteiger partial charge < -0.3 is 25.0 Å². The van der Waals surface area contributed by atoms with Gasteiger partial charge in [-0.1, -0.05) is 6.08 Å². The van der Waals surface area contributed by atoms with E-state index in [1.54, 1.807) is 0 Å². The van der Waals surface area contributed by atoms with Gasteiger partial charge in [0.25, 0.3) is 5.56 Å². The van der Waals surface area contributed by atoms with E-state index in [2.05, 4.69) is 21.6 Å². The number of aromatic nitrogens is 1. The number of nitrogens with one attached hydrogen (secondary N) is 2. The molecule has 0 saturated carbocycles. The number of fused-ring (bicyclic) bond motifs is 4. The number of ether oxygens (including phenoxy) is 1. The summed E-state index contributed by atoms with van der Waals surface area (Å²) in [6, 6.07) is 3.63. The fourth-order valence-electron chi connectivity index (χ4n) is 6.03. The summed E-state index contributed by atoms with van der Waals surface area (Å²) < 4.78 is 7.24. The molecule has 1 aromatic heterocycles. The minimum absolute atomic E-state index is 0.0315. The van der Waals surface area contributed by atoms with Crippen molar-refractivity contribution < 1.29 is 14.6 Å². The Morgan fingerprint density at radius 2 is 2.09 bits per heavy atom. The summed E-state index contributed by atoms with van der Waals surface area (Å²) in [5, 5.41) is 16.8. The first-order valence-electron chi connectivity index (χ1n) is 12.5. The van der Waals surface area contributed by atoms with E-state index >= 15 is 0 Å². The van der Waals surface area contributed by atoms with Crippen molar-refractivity contribution in [3.63, 3.8) is 0 Å². The van der Waals surface area contributed by atoms with Crippen LogP contribution in [0.4, 0.5) is 0 Å². The Kier molecular flexibility index (Phi) is 6.97. The maximum Gasteiger partial charge on any atom is 0.258 e. The zero-order valence-electron chi connectivity index (χ0n) is 19.3. The van der Waals surface area contributed by atoms with Crippen molar-refractivity contribution in [2.45, 2.75) is 50.7 Å². The number of aliphatic hydroxyl groups is 1. The van der Waals surface area contributed by atoms with Crippen LogP contribution in [0, 0.1) is 11.8 Å². The van der Waals surface area contributed by atoms with Gasteiger partial charge in [-0.15, -0.1) is 0 Å². The number of carbonyl (C=O) groups is 1. The molecule has 0 aromatic carbocycles. The smallest absolute Gasteiger partial charge is 0.258 e. The second-order valence-electron chi connectivity index (χ2n) is 9.78. The van der Waals surface area contributed by atoms with Crippen molar-refractivity contribution in [3.8, 4) is 0 Å². The molecule has 180 valence electrons. The van der Waals surface area contributed by atoms with E-state index in [1.807, 2.05) is 16.7 Å². The molecule has 8 heteroatoms. The Hall–Kier alpha value is -2.00. The van der Waals surface area contributed by atoms with Gasteiger partial charge in [-0.3, -0.25) is 14.5 Å². The largest absolute Gasteiger partial charge is 0.396 e. The number of hydrogen-bond donors (Lipinski definition) is 3. The van der Waals surface area contributed by atoms with Crippen LogP contribution in [0.5, 0.6) is 0 Å². The molecule has 3 N–H and O–H groups in total. The zero-order chi connectivity index (χ0) is 22.8. The van der Waals surface area contributed by atoms with Crippen LogP contribution in [-0.2, 0) is 16.1 Å². The molecule has 2 fully saturated rings. The van der Waals surface area contributed by atoms with Crippen LogP contribution in [0.2, 0.25) is 0 Å². The predicted molar refractivity (Wildman–Crippen MR) is 126 cm³/mol. The van der Waals surface area contributed by atoms with Crippen LogP contribution in [0.15, 0.2) is 23.0 Å². The summed E-state index contributed by atoms with van der Waals surface area (Å²) in [6.07, 6.45) is 7.38. The third kappa shape index (κ3) is 4.54. The van der Waals surface area contributed by atoms with Gasteiger partial charge in [0.1, 0.15) is 0 Å². The number of carbonyl (C=O) groups excluding carboxylic acids is 1. The molecule has 0 unspecified atom stereocenters. The number of morpholine rings is 1. The summed E-state index contributed by atoms with van der Waals surface area (Å²) >= 11 is 0. The van der Waals surface area contributed by atoms with Crippen molar-refractivity contribution in [3.05, 3.63) is 39.8 Å². The summed E-state index contributed by atoms with van der Waals surface area (Å²) in [5.74, 6) is -0.613. The van der Waals surface area contributed by atoms with Gasteiger partial charge in [0.15, 0.2) is 0 Å². The molecule has 5 rings (SSSR count). The molecule has 0 radical (unpaired) electrons. The summed E-state index contributed by atoms with van der Waals surface area (Å²) in [5.41, 5.74) is 2.85. The van der Waals surface area contributed by atoms with Crippen LogP contribution < -0.4 is 16.2 Å². The summed E-state index contributed by atoms with van der Waals surface area (Å²) in [7, 11) is 0. The van der Waals surface area contributed by atoms with Crippen molar-refractivity contribution in [2.24, 2.45) is 11.8 Å². The quantitative estimate of drug-likeness (QED) is 0.528. The molecule has 4 aliphatic rings. The fourth-order valence-corrected chi connectivity index (χ4v) is 6.03. The van der Waals surface area contributed by atoms with E-state index < -0.39 is 0 Å². The van der Waals surface area contributed by atoms with Crippen LogP contribution in [-0.4, -0.2) is 72.5 Å². The van der Waals surface area contributed by atoms with Gasteiger partial charge in [0.05, 0.1) is 25.2 Å². The van der Waals surface area contributed by atoms with E-state index in [-0.39, 0.29) is 42.0 Å². The lowest BCUT2D eigenvalue weighted by atomic mass is 9.86. The average Bonchev–Trinajstić information content (AvgIpc) is 3.16. The van der Waals surface area contributed by atoms with Gasteiger partial charge in [0.2, 0.25) is 5.91 Å². The SMILES string of the molecule is O=C(NCCCN1CCOCC1)[C@@H]1[C@@H](CO)[C@@H]2Cn3c(ccc(C4=CCCCC4)c3=O)[C@H]1N2. The van der Waals surface area contributed by atoms with Crippen LogP contribution in [0.3, 0.4) is 0 Å². The third-order valence-electron chi connectivity index (χ3n) is 7.84. The highest BCUT2D eigenvalue weighted by Gasteiger charge is 2.50. The highest BCUT2D eigenvalue weighted by Crippen LogP contribution is 2.41. The molecule has 1 aliphatic carbocycles. The van der Waals surface area contributed by atoms with Gasteiger partial charge in [-0.05, 0) is 56.4 Å². The van der Waals surface area contributed by atoms with Crippen LogP contribution in [0.1, 0.15) is 49.4 Å². The Bertz CT molecular complexity index is 952. The molecule has 4 heterocycles. The van der Waals surface area contributed by atoms with E-state index in [0.717, 1.165) is 75.4 Å². The van der Waals surface area contributed by atoms with E-state index in [9.17, 15) is 14.7 Å². The number of amides is 1. The minimum Gasteiger partial charge on any atom is -0.396 e. The Labute approximate surface area is 195 Å². The first-order valence-corrected chi connectivity index (χ1v) is 12.5. The van der Waals surface area contributed by atoms with E-state index in [0.29, 0.717) is 13.1 Å². The summed E-state index contributed by atoms with van der Waals surface area (Å²) in [6.45, 7) is 5.43. The second-order valence-corrected chi connectivity index (χ2v) is 9.78. The normalized spacial score (nSPS) is 29.4. The van der Waals surface area contributed by atoms with Gasteiger partial charge in [0, 0.05) is 56.0 Å². The molecule has 0 spiro atoms. The molecule has 4 atom stereocenters. The highest BCUT2D eigenvalue weighted by atomic mass is 16.5. The number of nitrogens with zero attached hydrogens (tertiary/aromatic N) is 2. The zero-order valence-corrected chi connectivity index (χ0v) is 19.3. The molecule has 1 aromatic rings. The van der Waals surface area contributed by atoms with Crippen LogP contribution in [0.25, 0.3) is 5.57 Å². The summed E-state index contributed by atoms with van der Waals surface area (Å²) in [4.78, 5) is 29.0. The Morgan fingerprint density at radius 3 is 2.85 bits per heavy atom. The molecular weight excluding hydrogens is 420 g/mol. The molecule has 33 heavy (non-hydrogen) atoms.